The first-order valence-electron chi connectivity index (χ1n) is 4.05. The highest BCUT2D eigenvalue weighted by Crippen LogP contribution is 2.12. The third-order valence-corrected chi connectivity index (χ3v) is 3.09. The molecule has 0 bridgehead atoms. The monoisotopic (exact) mass is 237 g/mol. The van der Waals surface area contributed by atoms with Gasteiger partial charge >= 0.3 is 5.55 Å². The van der Waals surface area contributed by atoms with E-state index in [4.69, 9.17) is 11.3 Å². The van der Waals surface area contributed by atoms with E-state index >= 15 is 0 Å². The van der Waals surface area contributed by atoms with Crippen LogP contribution in [0.15, 0.2) is 29.2 Å². The van der Waals surface area contributed by atoms with Crippen molar-refractivity contribution in [2.75, 3.05) is 0 Å². The first-order valence-corrected chi connectivity index (χ1v) is 5.59. The van der Waals surface area contributed by atoms with Crippen LogP contribution in [0.1, 0.15) is 5.56 Å². The summed E-state index contributed by atoms with van der Waals surface area (Å²) in [4.78, 5) is 12.6. The van der Waals surface area contributed by atoms with Crippen LogP contribution in [-0.2, 0) is 14.6 Å². The summed E-state index contributed by atoms with van der Waals surface area (Å²) in [6, 6.07) is 5.21. The molecule has 7 heteroatoms. The number of hydrogen-bond acceptors (Lipinski definition) is 4. The van der Waals surface area contributed by atoms with Crippen LogP contribution >= 0.6 is 0 Å². The van der Waals surface area contributed by atoms with Gasteiger partial charge in [0.05, 0.1) is 4.90 Å². The van der Waals surface area contributed by atoms with Crippen LogP contribution in [-0.4, -0.2) is 24.7 Å². The molecule has 0 radical (unpaired) electrons. The molecule has 0 saturated carbocycles. The van der Waals surface area contributed by atoms with Crippen LogP contribution in [0.2, 0.25) is 0 Å². The summed E-state index contributed by atoms with van der Waals surface area (Å²) in [5, 5.41) is 0. The Morgan fingerprint density at radius 2 is 1.94 bits per heavy atom. The second-order valence-electron chi connectivity index (χ2n) is 2.81. The average molecular weight is 237 g/mol. The molecular formula is C9H7N3O3S. The smallest absolute Gasteiger partial charge is 0.374 e. The quantitative estimate of drug-likeness (QED) is 0.259. The number of benzene rings is 1. The van der Waals surface area contributed by atoms with E-state index in [1.165, 1.54) is 30.2 Å². The molecule has 82 valence electrons. The number of rotatable bonds is 3. The Bertz CT molecular complexity index is 591. The largest absolute Gasteiger partial charge is 0.389 e. The molecule has 0 aliphatic rings. The van der Waals surface area contributed by atoms with Gasteiger partial charge in [-0.2, -0.15) is 4.79 Å². The van der Waals surface area contributed by atoms with Gasteiger partial charge < -0.3 is 11.3 Å². The lowest BCUT2D eigenvalue weighted by Crippen LogP contribution is -2.03. The highest BCUT2D eigenvalue weighted by Gasteiger charge is 2.15. The standard InChI is InChI=1S/C9H7N3O3S/c10-9(5-13)7-1-3-8(4-2-7)16(14,15)6-12-11/h1-4,6H,10H2. The lowest BCUT2D eigenvalue weighted by molar-refractivity contribution is 0.00754. The molecular weight excluding hydrogens is 230 g/mol. The normalized spacial score (nSPS) is 10.0. The molecule has 0 heterocycles. The van der Waals surface area contributed by atoms with Crippen LogP contribution in [0.25, 0.3) is 11.2 Å². The zero-order valence-corrected chi connectivity index (χ0v) is 8.81. The Morgan fingerprint density at radius 1 is 1.38 bits per heavy atom. The van der Waals surface area contributed by atoms with Crippen LogP contribution in [0, 0.1) is 0 Å². The van der Waals surface area contributed by atoms with Gasteiger partial charge in [0.15, 0.2) is 5.94 Å². The van der Waals surface area contributed by atoms with Gasteiger partial charge in [-0.15, -0.1) is 0 Å². The van der Waals surface area contributed by atoms with E-state index < -0.39 is 9.84 Å². The predicted molar refractivity (Wildman–Crippen MR) is 56.6 cm³/mol. The Morgan fingerprint density at radius 3 is 2.38 bits per heavy atom. The number of hydrogen-bond donors (Lipinski definition) is 1. The van der Waals surface area contributed by atoms with Gasteiger partial charge in [0.1, 0.15) is 5.70 Å². The zero-order valence-electron chi connectivity index (χ0n) is 7.99. The summed E-state index contributed by atoms with van der Waals surface area (Å²) < 4.78 is 22.7. The van der Waals surface area contributed by atoms with E-state index in [9.17, 15) is 13.2 Å². The molecule has 6 nitrogen and oxygen atoms in total. The van der Waals surface area contributed by atoms with E-state index in [1.54, 1.807) is 0 Å². The lowest BCUT2D eigenvalue weighted by Gasteiger charge is -1.98. The topological polar surface area (TPSA) is 114 Å². The van der Waals surface area contributed by atoms with E-state index in [0.29, 0.717) is 11.1 Å². The van der Waals surface area contributed by atoms with Crippen LogP contribution in [0.4, 0.5) is 0 Å². The van der Waals surface area contributed by atoms with Gasteiger partial charge in [0, 0.05) is 5.56 Å². The maximum absolute atomic E-state index is 11.4. The molecule has 0 amide bonds. The minimum absolute atomic E-state index is 0.0623. The number of nitrogens with zero attached hydrogens (tertiary/aromatic N) is 2. The Balaban J connectivity index is 3.24. The summed E-state index contributed by atoms with van der Waals surface area (Å²) in [5.41, 5.74) is 14.1. The van der Waals surface area contributed by atoms with Gasteiger partial charge in [-0.3, -0.25) is 0 Å². The zero-order chi connectivity index (χ0) is 12.2. The van der Waals surface area contributed by atoms with E-state index in [-0.39, 0.29) is 10.6 Å². The van der Waals surface area contributed by atoms with E-state index in [0.717, 1.165) is 0 Å². The Hall–Kier alpha value is -2.20. The highest BCUT2D eigenvalue weighted by molar-refractivity contribution is 8.04. The number of nitrogens with two attached hydrogens (primary N) is 1. The van der Waals surface area contributed by atoms with E-state index in [2.05, 4.69) is 4.79 Å². The van der Waals surface area contributed by atoms with Gasteiger partial charge in [-0.1, -0.05) is 12.1 Å². The van der Waals surface area contributed by atoms with Crippen molar-refractivity contribution in [1.82, 2.24) is 0 Å². The molecule has 0 saturated heterocycles. The number of carbonyl (C=O) groups excluding carboxylic acids is 1. The average Bonchev–Trinajstić information content (AvgIpc) is 2.28. The first kappa shape index (κ1) is 11.9. The Labute approximate surface area is 91.5 Å². The fourth-order valence-electron chi connectivity index (χ4n) is 1.01. The molecule has 2 N–H and O–H groups in total. The second kappa shape index (κ2) is 4.55. The summed E-state index contributed by atoms with van der Waals surface area (Å²) in [6.07, 6.45) is 0. The van der Waals surface area contributed by atoms with Gasteiger partial charge in [0.25, 0.3) is 9.84 Å². The van der Waals surface area contributed by atoms with Crippen molar-refractivity contribution >= 4 is 27.0 Å². The first-order chi connectivity index (χ1) is 7.51. The van der Waals surface area contributed by atoms with Gasteiger partial charge in [-0.05, 0) is 12.1 Å². The maximum Gasteiger partial charge on any atom is 0.374 e. The maximum atomic E-state index is 11.4. The molecule has 1 rings (SSSR count). The minimum Gasteiger partial charge on any atom is -0.389 e. The second-order valence-corrected chi connectivity index (χ2v) is 4.58. The third kappa shape index (κ3) is 2.43. The lowest BCUT2D eigenvalue weighted by atomic mass is 10.2. The molecule has 0 aliphatic carbocycles. The molecule has 16 heavy (non-hydrogen) atoms. The molecule has 1 aromatic carbocycles. The Kier molecular flexibility index (Phi) is 3.37. The van der Waals surface area contributed by atoms with Crippen LogP contribution in [0.3, 0.4) is 0 Å². The van der Waals surface area contributed by atoms with Crippen molar-refractivity contribution in [3.63, 3.8) is 0 Å². The molecule has 1 aromatic rings. The summed E-state index contributed by atoms with van der Waals surface area (Å²) in [6.45, 7) is 0. The predicted octanol–water partition coefficient (Wildman–Crippen LogP) is -0.150. The summed E-state index contributed by atoms with van der Waals surface area (Å²) >= 11 is 0. The van der Waals surface area contributed by atoms with E-state index in [1.807, 2.05) is 0 Å². The third-order valence-electron chi connectivity index (χ3n) is 1.79. The fourth-order valence-corrected chi connectivity index (χ4v) is 1.77. The van der Waals surface area contributed by atoms with Crippen molar-refractivity contribution in [3.8, 4) is 0 Å². The van der Waals surface area contributed by atoms with Crippen molar-refractivity contribution in [3.05, 3.63) is 35.4 Å². The van der Waals surface area contributed by atoms with Gasteiger partial charge in [0.2, 0.25) is 0 Å². The molecule has 0 fully saturated rings. The van der Waals surface area contributed by atoms with Crippen LogP contribution in [0.5, 0.6) is 0 Å². The van der Waals surface area contributed by atoms with Crippen molar-refractivity contribution in [2.24, 2.45) is 5.73 Å². The van der Waals surface area contributed by atoms with Gasteiger partial charge in [-0.25, -0.2) is 13.2 Å². The molecule has 0 unspecified atom stereocenters. The van der Waals surface area contributed by atoms with Crippen LogP contribution < -0.4 is 5.73 Å². The van der Waals surface area contributed by atoms with Crippen molar-refractivity contribution in [2.45, 2.75) is 4.90 Å². The fraction of sp³-hybridized carbons (Fsp3) is 0. The van der Waals surface area contributed by atoms with Crippen molar-refractivity contribution in [1.29, 1.82) is 0 Å². The number of sulfone groups is 1. The highest BCUT2D eigenvalue weighted by atomic mass is 32.2. The molecule has 0 spiro atoms. The minimum atomic E-state index is -3.75. The molecule has 0 atom stereocenters. The SMILES string of the molecule is [N-]=[N+]=CS(=O)(=O)c1ccc(C(N)=C=O)cc1. The molecule has 0 aliphatic heterocycles. The summed E-state index contributed by atoms with van der Waals surface area (Å²) in [7, 11) is -3.75. The van der Waals surface area contributed by atoms with Crippen molar-refractivity contribution < 1.29 is 18.0 Å². The summed E-state index contributed by atoms with van der Waals surface area (Å²) in [5.74, 6) is 1.49. The molecule has 0 aromatic heterocycles.